The molecule has 0 aromatic carbocycles. The van der Waals surface area contributed by atoms with Crippen LogP contribution in [0.2, 0.25) is 0 Å². The molecule has 2 N–H and O–H groups in total. The summed E-state index contributed by atoms with van der Waals surface area (Å²) < 4.78 is 1.96. The van der Waals surface area contributed by atoms with Crippen molar-refractivity contribution in [1.29, 1.82) is 0 Å². The molecule has 0 aliphatic carbocycles. The summed E-state index contributed by atoms with van der Waals surface area (Å²) in [6, 6.07) is 0. The average Bonchev–Trinajstić information content (AvgIpc) is 2.84. The molecule has 1 saturated heterocycles. The Morgan fingerprint density at radius 2 is 2.13 bits per heavy atom. The van der Waals surface area contributed by atoms with Gasteiger partial charge in [0, 0.05) is 37.8 Å². The summed E-state index contributed by atoms with van der Waals surface area (Å²) in [6.45, 7) is 4.27. The first kappa shape index (κ1) is 10.6. The number of aromatic nitrogens is 2. The Hall–Kier alpha value is -0.870. The summed E-state index contributed by atoms with van der Waals surface area (Å²) in [5.74, 6) is 0. The van der Waals surface area contributed by atoms with E-state index in [0.717, 1.165) is 13.0 Å². The number of hydrogen-bond acceptors (Lipinski definition) is 3. The fraction of sp³-hybridized carbons (Fsp3) is 0.727. The number of nitrogens with two attached hydrogens (primary N) is 1. The highest BCUT2D eigenvalue weighted by Crippen LogP contribution is 2.11. The van der Waals surface area contributed by atoms with E-state index in [1.807, 2.05) is 17.9 Å². The van der Waals surface area contributed by atoms with Crippen LogP contribution in [-0.2, 0) is 20.0 Å². The van der Waals surface area contributed by atoms with Crippen molar-refractivity contribution < 1.29 is 0 Å². The van der Waals surface area contributed by atoms with Crippen LogP contribution in [0, 0.1) is 0 Å². The first-order valence-electron chi connectivity index (χ1n) is 5.73. The van der Waals surface area contributed by atoms with Gasteiger partial charge in [0.1, 0.15) is 0 Å². The van der Waals surface area contributed by atoms with Gasteiger partial charge >= 0.3 is 0 Å². The predicted molar refractivity (Wildman–Crippen MR) is 60.5 cm³/mol. The first-order chi connectivity index (χ1) is 7.31. The van der Waals surface area contributed by atoms with Crippen molar-refractivity contribution in [3.63, 3.8) is 0 Å². The lowest BCUT2D eigenvalue weighted by Crippen LogP contribution is -2.23. The molecule has 1 aromatic rings. The summed E-state index contributed by atoms with van der Waals surface area (Å²) in [7, 11) is 2.00. The Morgan fingerprint density at radius 3 is 2.80 bits per heavy atom. The van der Waals surface area contributed by atoms with Crippen molar-refractivity contribution in [1.82, 2.24) is 14.7 Å². The van der Waals surface area contributed by atoms with Gasteiger partial charge in [0.15, 0.2) is 0 Å². The van der Waals surface area contributed by atoms with Gasteiger partial charge < -0.3 is 10.6 Å². The van der Waals surface area contributed by atoms with Crippen molar-refractivity contribution in [3.05, 3.63) is 17.5 Å². The molecule has 2 rings (SSSR count). The van der Waals surface area contributed by atoms with E-state index in [1.54, 1.807) is 0 Å². The van der Waals surface area contributed by atoms with E-state index >= 15 is 0 Å². The molecular weight excluding hydrogens is 188 g/mol. The second-order valence-electron chi connectivity index (χ2n) is 4.24. The van der Waals surface area contributed by atoms with Gasteiger partial charge in [-0.25, -0.2) is 0 Å². The van der Waals surface area contributed by atoms with Gasteiger partial charge in [0.25, 0.3) is 0 Å². The van der Waals surface area contributed by atoms with E-state index in [1.165, 1.54) is 37.2 Å². The predicted octanol–water partition coefficient (Wildman–Crippen LogP) is 0.517. The second kappa shape index (κ2) is 4.77. The van der Waals surface area contributed by atoms with E-state index in [4.69, 9.17) is 5.73 Å². The summed E-state index contributed by atoms with van der Waals surface area (Å²) in [5, 5.41) is 4.25. The molecule has 0 radical (unpaired) electrons. The summed E-state index contributed by atoms with van der Waals surface area (Å²) in [4.78, 5) is 2.52. The maximum absolute atomic E-state index is 5.68. The lowest BCUT2D eigenvalue weighted by Gasteiger charge is -2.14. The first-order valence-corrected chi connectivity index (χ1v) is 5.73. The molecule has 0 amide bonds. The monoisotopic (exact) mass is 208 g/mol. The Morgan fingerprint density at radius 1 is 1.40 bits per heavy atom. The van der Waals surface area contributed by atoms with Crippen LogP contribution in [0.15, 0.2) is 6.20 Å². The molecule has 0 atom stereocenters. The zero-order valence-corrected chi connectivity index (χ0v) is 9.45. The van der Waals surface area contributed by atoms with Crippen molar-refractivity contribution in [2.45, 2.75) is 25.8 Å². The molecule has 1 fully saturated rings. The largest absolute Gasteiger partial charge is 0.326 e. The molecule has 4 heteroatoms. The van der Waals surface area contributed by atoms with Gasteiger partial charge in [-0.15, -0.1) is 0 Å². The van der Waals surface area contributed by atoms with E-state index in [9.17, 15) is 0 Å². The van der Waals surface area contributed by atoms with E-state index in [2.05, 4.69) is 10.00 Å². The number of hydrogen-bond donors (Lipinski definition) is 1. The van der Waals surface area contributed by atoms with Gasteiger partial charge in [0.05, 0.1) is 6.20 Å². The van der Waals surface area contributed by atoms with Gasteiger partial charge in [-0.2, -0.15) is 5.10 Å². The third-order valence-corrected chi connectivity index (χ3v) is 3.23. The highest BCUT2D eigenvalue weighted by Gasteiger charge is 2.13. The lowest BCUT2D eigenvalue weighted by molar-refractivity contribution is 0.340. The normalized spacial score (nSPS) is 17.5. The molecule has 15 heavy (non-hydrogen) atoms. The van der Waals surface area contributed by atoms with Crippen molar-refractivity contribution in [3.8, 4) is 0 Å². The third kappa shape index (κ3) is 2.38. The minimum Gasteiger partial charge on any atom is -0.326 e. The van der Waals surface area contributed by atoms with Gasteiger partial charge in [-0.05, 0) is 25.9 Å². The molecule has 4 nitrogen and oxygen atoms in total. The number of rotatable bonds is 4. The van der Waals surface area contributed by atoms with Gasteiger partial charge in [-0.1, -0.05) is 0 Å². The fourth-order valence-corrected chi connectivity index (χ4v) is 2.27. The van der Waals surface area contributed by atoms with Crippen LogP contribution >= 0.6 is 0 Å². The maximum Gasteiger partial charge on any atom is 0.0537 e. The van der Waals surface area contributed by atoms with Crippen LogP contribution in [0.4, 0.5) is 0 Å². The zero-order chi connectivity index (χ0) is 10.7. The highest BCUT2D eigenvalue weighted by molar-refractivity contribution is 5.17. The fourth-order valence-electron chi connectivity index (χ4n) is 2.27. The molecule has 2 heterocycles. The number of likely N-dealkylation sites (tertiary alicyclic amines) is 1. The van der Waals surface area contributed by atoms with Crippen LogP contribution in [0.5, 0.6) is 0 Å². The van der Waals surface area contributed by atoms with Crippen LogP contribution in [0.3, 0.4) is 0 Å². The van der Waals surface area contributed by atoms with Crippen LogP contribution in [0.25, 0.3) is 0 Å². The van der Waals surface area contributed by atoms with E-state index in [0.29, 0.717) is 6.54 Å². The molecule has 0 spiro atoms. The smallest absolute Gasteiger partial charge is 0.0537 e. The molecule has 1 aromatic heterocycles. The lowest BCUT2D eigenvalue weighted by atomic mass is 10.2. The molecular formula is C11H20N4. The standard InChI is InChI=1S/C11H20N4/c1-14-11(10(8-12)9-13-14)4-7-15-5-2-3-6-15/h9H,2-8,12H2,1H3. The molecule has 84 valence electrons. The van der Waals surface area contributed by atoms with E-state index in [-0.39, 0.29) is 0 Å². The van der Waals surface area contributed by atoms with Gasteiger partial charge in [-0.3, -0.25) is 4.68 Å². The van der Waals surface area contributed by atoms with Crippen LogP contribution in [0.1, 0.15) is 24.1 Å². The molecule has 1 aliphatic heterocycles. The SMILES string of the molecule is Cn1ncc(CN)c1CCN1CCCC1. The Labute approximate surface area is 91.1 Å². The Balaban J connectivity index is 1.94. The molecule has 1 aliphatic rings. The van der Waals surface area contributed by atoms with Crippen molar-refractivity contribution in [2.75, 3.05) is 19.6 Å². The minimum absolute atomic E-state index is 0.600. The molecule has 0 bridgehead atoms. The molecule has 0 saturated carbocycles. The highest BCUT2D eigenvalue weighted by atomic mass is 15.3. The maximum atomic E-state index is 5.68. The minimum atomic E-state index is 0.600. The zero-order valence-electron chi connectivity index (χ0n) is 9.45. The number of aryl methyl sites for hydroxylation is 1. The van der Waals surface area contributed by atoms with E-state index < -0.39 is 0 Å². The third-order valence-electron chi connectivity index (χ3n) is 3.23. The summed E-state index contributed by atoms with van der Waals surface area (Å²) in [6.07, 6.45) is 5.67. The average molecular weight is 208 g/mol. The Kier molecular flexibility index (Phi) is 3.38. The molecule has 0 unspecified atom stereocenters. The number of nitrogens with zero attached hydrogens (tertiary/aromatic N) is 3. The van der Waals surface area contributed by atoms with Crippen LogP contribution in [-0.4, -0.2) is 34.3 Å². The quantitative estimate of drug-likeness (QED) is 0.784. The van der Waals surface area contributed by atoms with Gasteiger partial charge in [0.2, 0.25) is 0 Å². The topological polar surface area (TPSA) is 47.1 Å². The van der Waals surface area contributed by atoms with Crippen molar-refractivity contribution in [2.24, 2.45) is 12.8 Å². The van der Waals surface area contributed by atoms with Crippen LogP contribution < -0.4 is 5.73 Å². The summed E-state index contributed by atoms with van der Waals surface area (Å²) >= 11 is 0. The van der Waals surface area contributed by atoms with Crippen molar-refractivity contribution >= 4 is 0 Å². The Bertz CT molecular complexity index is 312. The second-order valence-corrected chi connectivity index (χ2v) is 4.24. The summed E-state index contributed by atoms with van der Waals surface area (Å²) in [5.41, 5.74) is 8.17.